The Bertz CT molecular complexity index is 778. The van der Waals surface area contributed by atoms with Crippen LogP contribution in [0.3, 0.4) is 0 Å². The molecule has 2 aromatic carbocycles. The van der Waals surface area contributed by atoms with Crippen LogP contribution in [0, 0.1) is 6.92 Å². The molecular weight excluding hydrogens is 281 g/mol. The zero-order valence-electron chi connectivity index (χ0n) is 10.2. The minimum Gasteiger partial charge on any atom is -0.399 e. The lowest BCUT2D eigenvalue weighted by Crippen LogP contribution is -1.87. The Morgan fingerprint density at radius 3 is 2.68 bits per heavy atom. The van der Waals surface area contributed by atoms with E-state index in [1.165, 1.54) is 0 Å². The molecule has 3 aromatic rings. The van der Waals surface area contributed by atoms with Gasteiger partial charge in [-0.1, -0.05) is 23.2 Å². The van der Waals surface area contributed by atoms with E-state index in [1.807, 2.05) is 19.1 Å². The van der Waals surface area contributed by atoms with Gasteiger partial charge in [0.05, 0.1) is 15.6 Å². The maximum atomic E-state index is 6.19. The van der Waals surface area contributed by atoms with Gasteiger partial charge in [0.15, 0.2) is 0 Å². The topological polar surface area (TPSA) is 54.7 Å². The van der Waals surface area contributed by atoms with Crippen LogP contribution in [-0.2, 0) is 0 Å². The van der Waals surface area contributed by atoms with Crippen molar-refractivity contribution >= 4 is 39.9 Å². The van der Waals surface area contributed by atoms with E-state index < -0.39 is 0 Å². The van der Waals surface area contributed by atoms with Gasteiger partial charge in [-0.3, -0.25) is 0 Å². The lowest BCUT2D eigenvalue weighted by atomic mass is 10.2. The maximum absolute atomic E-state index is 6.19. The van der Waals surface area contributed by atoms with E-state index in [1.54, 1.807) is 18.2 Å². The lowest BCUT2D eigenvalue weighted by molar-refractivity contribution is 1.34. The van der Waals surface area contributed by atoms with Gasteiger partial charge < -0.3 is 10.7 Å². The van der Waals surface area contributed by atoms with E-state index >= 15 is 0 Å². The van der Waals surface area contributed by atoms with Gasteiger partial charge in [0.25, 0.3) is 0 Å². The summed E-state index contributed by atoms with van der Waals surface area (Å²) in [6, 6.07) is 9.19. The predicted molar refractivity (Wildman–Crippen MR) is 80.7 cm³/mol. The number of aromatic nitrogens is 2. The highest BCUT2D eigenvalue weighted by Gasteiger charge is 2.11. The molecule has 0 radical (unpaired) electrons. The molecule has 0 saturated heterocycles. The Balaban J connectivity index is 2.26. The Morgan fingerprint density at radius 1 is 1.11 bits per heavy atom. The summed E-state index contributed by atoms with van der Waals surface area (Å²) in [5.74, 6) is 0.666. The summed E-state index contributed by atoms with van der Waals surface area (Å²) in [6.45, 7) is 1.99. The van der Waals surface area contributed by atoms with Gasteiger partial charge in [0.2, 0.25) is 0 Å². The third-order valence-electron chi connectivity index (χ3n) is 2.93. The second-order valence-electron chi connectivity index (χ2n) is 4.47. The third kappa shape index (κ3) is 2.15. The highest BCUT2D eigenvalue weighted by Crippen LogP contribution is 2.31. The number of nitrogens with zero attached hydrogens (tertiary/aromatic N) is 1. The molecule has 0 amide bonds. The Kier molecular flexibility index (Phi) is 2.88. The fourth-order valence-electron chi connectivity index (χ4n) is 2.06. The van der Waals surface area contributed by atoms with Gasteiger partial charge in [-0.05, 0) is 42.8 Å². The Hall–Kier alpha value is -1.71. The fourth-order valence-corrected chi connectivity index (χ4v) is 2.59. The lowest BCUT2D eigenvalue weighted by Gasteiger charge is -2.01. The van der Waals surface area contributed by atoms with Crippen LogP contribution < -0.4 is 5.73 Å². The summed E-state index contributed by atoms with van der Waals surface area (Å²) in [7, 11) is 0. The van der Waals surface area contributed by atoms with Crippen molar-refractivity contribution in [2.45, 2.75) is 6.92 Å². The van der Waals surface area contributed by atoms with Crippen molar-refractivity contribution in [1.29, 1.82) is 0 Å². The molecule has 0 unspecified atom stereocenters. The molecule has 3 N–H and O–H groups in total. The molecule has 0 aliphatic rings. The number of H-pyrrole nitrogens is 1. The zero-order valence-corrected chi connectivity index (χ0v) is 11.7. The molecule has 3 rings (SSSR count). The van der Waals surface area contributed by atoms with Crippen molar-refractivity contribution in [3.63, 3.8) is 0 Å². The number of halogens is 2. The molecule has 1 aromatic heterocycles. The van der Waals surface area contributed by atoms with E-state index in [9.17, 15) is 0 Å². The van der Waals surface area contributed by atoms with E-state index in [0.717, 1.165) is 22.2 Å². The number of rotatable bonds is 1. The first-order chi connectivity index (χ1) is 9.04. The molecule has 3 nitrogen and oxygen atoms in total. The van der Waals surface area contributed by atoms with Crippen molar-refractivity contribution in [3.05, 3.63) is 45.9 Å². The minimum atomic E-state index is 0.598. The first-order valence-electron chi connectivity index (χ1n) is 5.76. The molecule has 0 aliphatic carbocycles. The largest absolute Gasteiger partial charge is 0.399 e. The first-order valence-corrected chi connectivity index (χ1v) is 6.51. The van der Waals surface area contributed by atoms with Gasteiger partial charge in [-0.25, -0.2) is 4.98 Å². The van der Waals surface area contributed by atoms with Crippen LogP contribution in [0.25, 0.3) is 22.4 Å². The Labute approximate surface area is 120 Å². The van der Waals surface area contributed by atoms with Gasteiger partial charge in [-0.15, -0.1) is 0 Å². The standard InChI is InChI=1S/C14H11Cl2N3/c1-7-4-11(16)13-12(5-7)18-14(19-13)9-6-8(17)2-3-10(9)15/h2-6H,17H2,1H3,(H,18,19). The summed E-state index contributed by atoms with van der Waals surface area (Å²) in [5.41, 5.74) is 9.90. The number of benzene rings is 2. The minimum absolute atomic E-state index is 0.598. The fraction of sp³-hybridized carbons (Fsp3) is 0.0714. The normalized spacial score (nSPS) is 11.1. The molecule has 0 bridgehead atoms. The van der Waals surface area contributed by atoms with Crippen LogP contribution >= 0.6 is 23.2 Å². The number of fused-ring (bicyclic) bond motifs is 1. The van der Waals surface area contributed by atoms with Crippen LogP contribution in [0.1, 0.15) is 5.56 Å². The molecule has 5 heteroatoms. The highest BCUT2D eigenvalue weighted by molar-refractivity contribution is 6.35. The van der Waals surface area contributed by atoms with Crippen LogP contribution in [0.5, 0.6) is 0 Å². The van der Waals surface area contributed by atoms with Crippen LogP contribution in [0.2, 0.25) is 10.0 Å². The number of imidazole rings is 1. The van der Waals surface area contributed by atoms with E-state index in [-0.39, 0.29) is 0 Å². The summed E-state index contributed by atoms with van der Waals surface area (Å²) >= 11 is 12.4. The van der Waals surface area contributed by atoms with Gasteiger partial charge >= 0.3 is 0 Å². The van der Waals surface area contributed by atoms with Crippen molar-refractivity contribution in [1.82, 2.24) is 9.97 Å². The van der Waals surface area contributed by atoms with Crippen LogP contribution in [0.15, 0.2) is 30.3 Å². The van der Waals surface area contributed by atoms with E-state index in [4.69, 9.17) is 28.9 Å². The molecule has 0 fully saturated rings. The van der Waals surface area contributed by atoms with Crippen molar-refractivity contribution < 1.29 is 0 Å². The number of hydrogen-bond acceptors (Lipinski definition) is 2. The summed E-state index contributed by atoms with van der Waals surface area (Å²) in [4.78, 5) is 7.72. The predicted octanol–water partition coefficient (Wildman–Crippen LogP) is 4.43. The third-order valence-corrected chi connectivity index (χ3v) is 3.55. The molecule has 96 valence electrons. The summed E-state index contributed by atoms with van der Waals surface area (Å²) in [6.07, 6.45) is 0. The molecule has 0 aliphatic heterocycles. The highest BCUT2D eigenvalue weighted by atomic mass is 35.5. The number of hydrogen-bond donors (Lipinski definition) is 2. The van der Waals surface area contributed by atoms with E-state index in [0.29, 0.717) is 21.6 Å². The molecular formula is C14H11Cl2N3. The van der Waals surface area contributed by atoms with Crippen molar-refractivity contribution in [2.75, 3.05) is 5.73 Å². The molecule has 0 saturated carbocycles. The molecule has 0 atom stereocenters. The summed E-state index contributed by atoms with van der Waals surface area (Å²) < 4.78 is 0. The quantitative estimate of drug-likeness (QED) is 0.652. The first kappa shape index (κ1) is 12.3. The number of aryl methyl sites for hydroxylation is 1. The van der Waals surface area contributed by atoms with Crippen LogP contribution in [-0.4, -0.2) is 9.97 Å². The monoisotopic (exact) mass is 291 g/mol. The average Bonchev–Trinajstić information content (AvgIpc) is 2.76. The van der Waals surface area contributed by atoms with E-state index in [2.05, 4.69) is 9.97 Å². The number of nitrogens with one attached hydrogen (secondary N) is 1. The molecule has 0 spiro atoms. The van der Waals surface area contributed by atoms with Crippen molar-refractivity contribution in [2.24, 2.45) is 0 Å². The molecule has 1 heterocycles. The zero-order chi connectivity index (χ0) is 13.6. The smallest absolute Gasteiger partial charge is 0.140 e. The Morgan fingerprint density at radius 2 is 1.89 bits per heavy atom. The summed E-state index contributed by atoms with van der Waals surface area (Å²) in [5, 5.41) is 1.22. The number of aromatic amines is 1. The number of nitrogens with two attached hydrogens (primary N) is 1. The van der Waals surface area contributed by atoms with Gasteiger partial charge in [0, 0.05) is 11.3 Å². The van der Waals surface area contributed by atoms with Crippen LogP contribution in [0.4, 0.5) is 5.69 Å². The maximum Gasteiger partial charge on any atom is 0.140 e. The number of nitrogen functional groups attached to an aromatic ring is 1. The average molecular weight is 292 g/mol. The SMILES string of the molecule is Cc1cc(Cl)c2nc(-c3cc(N)ccc3Cl)[nH]c2c1. The van der Waals surface area contributed by atoms with Crippen molar-refractivity contribution in [3.8, 4) is 11.4 Å². The van der Waals surface area contributed by atoms with Gasteiger partial charge in [-0.2, -0.15) is 0 Å². The second-order valence-corrected chi connectivity index (χ2v) is 5.28. The van der Waals surface area contributed by atoms with Gasteiger partial charge in [0.1, 0.15) is 11.3 Å². The molecule has 19 heavy (non-hydrogen) atoms. The number of anilines is 1. The second kappa shape index (κ2) is 4.44.